The Morgan fingerprint density at radius 3 is 2.68 bits per heavy atom. The fourth-order valence-corrected chi connectivity index (χ4v) is 2.58. The van der Waals surface area contributed by atoms with Gasteiger partial charge in [-0.2, -0.15) is 0 Å². The van der Waals surface area contributed by atoms with E-state index in [1.165, 1.54) is 5.69 Å². The molecule has 2 heterocycles. The molecule has 0 radical (unpaired) electrons. The zero-order valence-electron chi connectivity index (χ0n) is 13.2. The summed E-state index contributed by atoms with van der Waals surface area (Å²) >= 11 is 0. The number of para-hydroxylation sites is 1. The van der Waals surface area contributed by atoms with Crippen molar-refractivity contribution >= 4 is 5.69 Å². The van der Waals surface area contributed by atoms with E-state index < -0.39 is 0 Å². The van der Waals surface area contributed by atoms with Crippen LogP contribution in [0.25, 0.3) is 11.5 Å². The average molecular weight is 295 g/mol. The molecule has 3 rings (SSSR count). The number of aromatic amines is 1. The molecule has 3 aromatic rings. The number of aryl methyl sites for hydroxylation is 1. The SMILES string of the molecule is Cc1[nH]cnc1-c1nccn1C[C@@H](C)N(C)c1ccccc1. The topological polar surface area (TPSA) is 49.7 Å². The molecule has 5 nitrogen and oxygen atoms in total. The van der Waals surface area contributed by atoms with Crippen LogP contribution in [0.2, 0.25) is 0 Å². The number of nitrogens with zero attached hydrogens (tertiary/aromatic N) is 4. The van der Waals surface area contributed by atoms with Crippen LogP contribution >= 0.6 is 0 Å². The highest BCUT2D eigenvalue weighted by Crippen LogP contribution is 2.20. The Balaban J connectivity index is 1.80. The van der Waals surface area contributed by atoms with Crippen LogP contribution < -0.4 is 4.90 Å². The number of rotatable bonds is 5. The average Bonchev–Trinajstić information content (AvgIpc) is 3.15. The zero-order valence-corrected chi connectivity index (χ0v) is 13.2. The van der Waals surface area contributed by atoms with Crippen LogP contribution in [0.1, 0.15) is 12.6 Å². The van der Waals surface area contributed by atoms with Crippen LogP contribution in [-0.2, 0) is 6.54 Å². The minimum atomic E-state index is 0.342. The lowest BCUT2D eigenvalue weighted by Crippen LogP contribution is -2.32. The normalized spacial score (nSPS) is 12.3. The van der Waals surface area contributed by atoms with Gasteiger partial charge in [-0.15, -0.1) is 0 Å². The summed E-state index contributed by atoms with van der Waals surface area (Å²) in [5, 5.41) is 0. The van der Waals surface area contributed by atoms with Gasteiger partial charge in [0, 0.05) is 43.4 Å². The maximum Gasteiger partial charge on any atom is 0.160 e. The number of imidazole rings is 2. The van der Waals surface area contributed by atoms with E-state index >= 15 is 0 Å². The van der Waals surface area contributed by atoms with Crippen molar-refractivity contribution in [3.8, 4) is 11.5 Å². The fraction of sp³-hybridized carbons (Fsp3) is 0.294. The second-order valence-corrected chi connectivity index (χ2v) is 5.57. The van der Waals surface area contributed by atoms with Crippen molar-refractivity contribution in [2.45, 2.75) is 26.4 Å². The number of anilines is 1. The van der Waals surface area contributed by atoms with Gasteiger partial charge in [0.2, 0.25) is 0 Å². The first-order valence-corrected chi connectivity index (χ1v) is 7.46. The molecule has 0 bridgehead atoms. The molecule has 0 saturated heterocycles. The molecule has 114 valence electrons. The smallest absolute Gasteiger partial charge is 0.160 e. The number of nitrogens with one attached hydrogen (secondary N) is 1. The first kappa shape index (κ1) is 14.4. The Hall–Kier alpha value is -2.56. The van der Waals surface area contributed by atoms with E-state index in [0.29, 0.717) is 6.04 Å². The Bertz CT molecular complexity index is 728. The van der Waals surface area contributed by atoms with Crippen molar-refractivity contribution in [1.82, 2.24) is 19.5 Å². The highest BCUT2D eigenvalue weighted by molar-refractivity contribution is 5.53. The van der Waals surface area contributed by atoms with Gasteiger partial charge < -0.3 is 14.5 Å². The van der Waals surface area contributed by atoms with E-state index in [1.807, 2.05) is 25.4 Å². The van der Waals surface area contributed by atoms with E-state index in [4.69, 9.17) is 0 Å². The standard InChI is InChI=1S/C17H21N5/c1-13(21(3)15-7-5-4-6-8-15)11-22-10-9-18-17(22)16-14(2)19-12-20-16/h4-10,12-13H,11H2,1-3H3,(H,19,20)/t13-/m1/s1. The molecule has 0 aliphatic carbocycles. The molecule has 0 aliphatic rings. The predicted octanol–water partition coefficient (Wildman–Crippen LogP) is 3.11. The number of H-pyrrole nitrogens is 1. The van der Waals surface area contributed by atoms with Crippen molar-refractivity contribution in [2.24, 2.45) is 0 Å². The second-order valence-electron chi connectivity index (χ2n) is 5.57. The van der Waals surface area contributed by atoms with E-state index in [-0.39, 0.29) is 0 Å². The predicted molar refractivity (Wildman–Crippen MR) is 88.9 cm³/mol. The first-order chi connectivity index (χ1) is 10.7. The molecule has 0 spiro atoms. The summed E-state index contributed by atoms with van der Waals surface area (Å²) in [4.78, 5) is 14.2. The fourth-order valence-electron chi connectivity index (χ4n) is 2.58. The largest absolute Gasteiger partial charge is 0.370 e. The lowest BCUT2D eigenvalue weighted by Gasteiger charge is -2.27. The van der Waals surface area contributed by atoms with Gasteiger partial charge in [-0.05, 0) is 26.0 Å². The van der Waals surface area contributed by atoms with Crippen LogP contribution in [-0.4, -0.2) is 32.6 Å². The summed E-state index contributed by atoms with van der Waals surface area (Å²) in [7, 11) is 2.12. The number of hydrogen-bond donors (Lipinski definition) is 1. The van der Waals surface area contributed by atoms with Gasteiger partial charge in [0.1, 0.15) is 5.69 Å². The third-order valence-electron chi connectivity index (χ3n) is 4.04. The maximum atomic E-state index is 4.47. The molecule has 1 atom stereocenters. The molecule has 0 aliphatic heterocycles. The van der Waals surface area contributed by atoms with Crippen molar-refractivity contribution in [3.63, 3.8) is 0 Å². The third-order valence-corrected chi connectivity index (χ3v) is 4.04. The number of aromatic nitrogens is 4. The zero-order chi connectivity index (χ0) is 15.5. The van der Waals surface area contributed by atoms with Gasteiger partial charge in [-0.25, -0.2) is 9.97 Å². The van der Waals surface area contributed by atoms with Crippen LogP contribution in [0.15, 0.2) is 49.1 Å². The highest BCUT2D eigenvalue weighted by Gasteiger charge is 2.15. The first-order valence-electron chi connectivity index (χ1n) is 7.46. The van der Waals surface area contributed by atoms with Crippen molar-refractivity contribution in [2.75, 3.05) is 11.9 Å². The molecule has 22 heavy (non-hydrogen) atoms. The molecule has 1 N–H and O–H groups in total. The number of hydrogen-bond acceptors (Lipinski definition) is 3. The molecule has 0 fully saturated rings. The third kappa shape index (κ3) is 2.74. The summed E-state index contributed by atoms with van der Waals surface area (Å²) < 4.78 is 2.16. The second kappa shape index (κ2) is 6.05. The van der Waals surface area contributed by atoms with Gasteiger partial charge in [-0.3, -0.25) is 0 Å². The Kier molecular flexibility index (Phi) is 3.96. The molecule has 1 aromatic carbocycles. The maximum absolute atomic E-state index is 4.47. The van der Waals surface area contributed by atoms with Gasteiger partial charge in [0.15, 0.2) is 5.82 Å². The van der Waals surface area contributed by atoms with Crippen molar-refractivity contribution < 1.29 is 0 Å². The summed E-state index contributed by atoms with van der Waals surface area (Å²) in [5.74, 6) is 0.909. The minimum Gasteiger partial charge on any atom is -0.370 e. The Morgan fingerprint density at radius 2 is 2.00 bits per heavy atom. The van der Waals surface area contributed by atoms with Crippen molar-refractivity contribution in [1.29, 1.82) is 0 Å². The lowest BCUT2D eigenvalue weighted by atomic mass is 10.2. The summed E-state index contributed by atoms with van der Waals surface area (Å²) in [5.41, 5.74) is 3.17. The van der Waals surface area contributed by atoms with Crippen LogP contribution in [0.5, 0.6) is 0 Å². The summed E-state index contributed by atoms with van der Waals surface area (Å²) in [6.07, 6.45) is 5.56. The Labute approximate surface area is 130 Å². The van der Waals surface area contributed by atoms with Gasteiger partial charge in [-0.1, -0.05) is 18.2 Å². The summed E-state index contributed by atoms with van der Waals surface area (Å²) in [6.45, 7) is 5.09. The molecular weight excluding hydrogens is 274 g/mol. The molecule has 0 saturated carbocycles. The number of benzene rings is 1. The van der Waals surface area contributed by atoms with Crippen LogP contribution in [0, 0.1) is 6.92 Å². The molecule has 0 amide bonds. The monoisotopic (exact) mass is 295 g/mol. The van der Waals surface area contributed by atoms with Gasteiger partial charge in [0.05, 0.1) is 6.33 Å². The minimum absolute atomic E-state index is 0.342. The number of likely N-dealkylation sites (N-methyl/N-ethyl adjacent to an activating group) is 1. The molecular formula is C17H21N5. The van der Waals surface area contributed by atoms with Crippen molar-refractivity contribution in [3.05, 3.63) is 54.7 Å². The van der Waals surface area contributed by atoms with Crippen LogP contribution in [0.4, 0.5) is 5.69 Å². The highest BCUT2D eigenvalue weighted by atomic mass is 15.2. The molecule has 2 aromatic heterocycles. The summed E-state index contributed by atoms with van der Waals surface area (Å²) in [6, 6.07) is 10.8. The Morgan fingerprint density at radius 1 is 1.23 bits per heavy atom. The lowest BCUT2D eigenvalue weighted by molar-refractivity contribution is 0.567. The van der Waals surface area contributed by atoms with E-state index in [1.54, 1.807) is 6.33 Å². The van der Waals surface area contributed by atoms with E-state index in [2.05, 4.69) is 62.7 Å². The molecule has 5 heteroatoms. The van der Waals surface area contributed by atoms with E-state index in [0.717, 1.165) is 23.8 Å². The van der Waals surface area contributed by atoms with E-state index in [9.17, 15) is 0 Å². The quantitative estimate of drug-likeness (QED) is 0.787. The van der Waals surface area contributed by atoms with Gasteiger partial charge >= 0.3 is 0 Å². The molecule has 0 unspecified atom stereocenters. The van der Waals surface area contributed by atoms with Gasteiger partial charge in [0.25, 0.3) is 0 Å². The van der Waals surface area contributed by atoms with Crippen LogP contribution in [0.3, 0.4) is 0 Å².